The van der Waals surface area contributed by atoms with Gasteiger partial charge in [0.1, 0.15) is 6.04 Å². The molecule has 1 amide bonds. The quantitative estimate of drug-likeness (QED) is 0.839. The highest BCUT2D eigenvalue weighted by atomic mass is 32.1. The summed E-state index contributed by atoms with van der Waals surface area (Å²) in [6.45, 7) is 2.53. The maximum atomic E-state index is 12.7. The molecule has 2 aliphatic heterocycles. The number of fused-ring (bicyclic) bond motifs is 1. The second-order valence-corrected chi connectivity index (χ2v) is 8.15. The maximum Gasteiger partial charge on any atom is 0.326 e. The first-order valence-corrected chi connectivity index (χ1v) is 9.91. The number of rotatable bonds is 4. The van der Waals surface area contributed by atoms with E-state index in [9.17, 15) is 14.7 Å². The van der Waals surface area contributed by atoms with E-state index in [4.69, 9.17) is 0 Å². The molecule has 1 unspecified atom stereocenters. The number of carbonyl (C=O) groups is 2. The molecule has 0 saturated carbocycles. The van der Waals surface area contributed by atoms with E-state index in [1.807, 2.05) is 11.0 Å². The molecule has 8 heteroatoms. The Hall–Kier alpha value is -2.45. The van der Waals surface area contributed by atoms with Crippen molar-refractivity contribution in [1.29, 1.82) is 0 Å². The van der Waals surface area contributed by atoms with Crippen LogP contribution in [0.1, 0.15) is 33.8 Å². The first-order chi connectivity index (χ1) is 13.0. The summed E-state index contributed by atoms with van der Waals surface area (Å²) in [5.74, 6) is -1.04. The normalized spacial score (nSPS) is 19.7. The van der Waals surface area contributed by atoms with E-state index in [0.29, 0.717) is 23.7 Å². The Bertz CT molecular complexity index is 882. The van der Waals surface area contributed by atoms with E-state index in [1.54, 1.807) is 18.2 Å². The molecule has 1 aromatic heterocycles. The van der Waals surface area contributed by atoms with Crippen LogP contribution in [0.4, 0.5) is 10.8 Å². The number of amides is 1. The summed E-state index contributed by atoms with van der Waals surface area (Å²) >= 11 is 1.52. The topological polar surface area (TPSA) is 85.8 Å². The standard InChI is InChI=1S/C19H22N4O3S/c1-22-9-7-14-16(11-22)27-19(20-14)21-17(24)12-4-2-5-13(10-12)23-8-3-6-15(23)18(25)26/h2,4-5,10,15H,3,6-9,11H2,1H3,(H,25,26)(H,20,21,24). The van der Waals surface area contributed by atoms with E-state index >= 15 is 0 Å². The average molecular weight is 386 g/mol. The number of thiazole rings is 1. The van der Waals surface area contributed by atoms with Crippen LogP contribution in [-0.4, -0.2) is 53.0 Å². The zero-order chi connectivity index (χ0) is 19.0. The number of hydrogen-bond donors (Lipinski definition) is 2. The highest BCUT2D eigenvalue weighted by molar-refractivity contribution is 7.15. The van der Waals surface area contributed by atoms with E-state index in [1.165, 1.54) is 16.2 Å². The molecule has 3 heterocycles. The number of benzene rings is 1. The van der Waals surface area contributed by atoms with Crippen molar-refractivity contribution in [3.8, 4) is 0 Å². The number of carbonyl (C=O) groups excluding carboxylic acids is 1. The summed E-state index contributed by atoms with van der Waals surface area (Å²) in [7, 11) is 2.08. The van der Waals surface area contributed by atoms with Crippen LogP contribution in [0.2, 0.25) is 0 Å². The van der Waals surface area contributed by atoms with E-state index in [-0.39, 0.29) is 5.91 Å². The highest BCUT2D eigenvalue weighted by Crippen LogP contribution is 2.29. The van der Waals surface area contributed by atoms with Gasteiger partial charge >= 0.3 is 5.97 Å². The Morgan fingerprint density at radius 2 is 2.19 bits per heavy atom. The molecule has 1 atom stereocenters. The third kappa shape index (κ3) is 3.68. The minimum Gasteiger partial charge on any atom is -0.480 e. The molecule has 2 aromatic rings. The van der Waals surface area contributed by atoms with Gasteiger partial charge in [0, 0.05) is 42.2 Å². The fourth-order valence-corrected chi connectivity index (χ4v) is 4.79. The first-order valence-electron chi connectivity index (χ1n) is 9.09. The smallest absolute Gasteiger partial charge is 0.326 e. The van der Waals surface area contributed by atoms with Crippen LogP contribution in [0.15, 0.2) is 24.3 Å². The number of anilines is 2. The van der Waals surface area contributed by atoms with Crippen LogP contribution < -0.4 is 10.2 Å². The van der Waals surface area contributed by atoms with Gasteiger partial charge in [-0.3, -0.25) is 10.1 Å². The number of aliphatic carboxylic acids is 1. The second kappa shape index (κ2) is 7.28. The molecule has 1 saturated heterocycles. The predicted octanol–water partition coefficient (Wildman–Crippen LogP) is 2.44. The Morgan fingerprint density at radius 1 is 1.33 bits per heavy atom. The zero-order valence-corrected chi connectivity index (χ0v) is 16.0. The molecule has 0 radical (unpaired) electrons. The number of carboxylic acid groups (broad SMARTS) is 1. The van der Waals surface area contributed by atoms with Gasteiger partial charge < -0.3 is 14.9 Å². The molecule has 2 aliphatic rings. The maximum absolute atomic E-state index is 12.7. The van der Waals surface area contributed by atoms with Crippen LogP contribution in [0.25, 0.3) is 0 Å². The van der Waals surface area contributed by atoms with Crippen molar-refractivity contribution < 1.29 is 14.7 Å². The molecule has 27 heavy (non-hydrogen) atoms. The van der Waals surface area contributed by atoms with Crippen molar-refractivity contribution in [2.75, 3.05) is 30.4 Å². The van der Waals surface area contributed by atoms with Gasteiger partial charge in [-0.2, -0.15) is 0 Å². The van der Waals surface area contributed by atoms with Crippen LogP contribution in [0.5, 0.6) is 0 Å². The summed E-state index contributed by atoms with van der Waals surface area (Å²) in [6, 6.07) is 6.63. The molecule has 1 fully saturated rings. The van der Waals surface area contributed by atoms with Crippen molar-refractivity contribution in [3.05, 3.63) is 40.4 Å². The third-order valence-corrected chi connectivity index (χ3v) is 6.12. The molecular weight excluding hydrogens is 364 g/mol. The summed E-state index contributed by atoms with van der Waals surface area (Å²) in [6.07, 6.45) is 2.37. The molecule has 2 N–H and O–H groups in total. The minimum absolute atomic E-state index is 0.220. The second-order valence-electron chi connectivity index (χ2n) is 7.07. The summed E-state index contributed by atoms with van der Waals surface area (Å²) in [5, 5.41) is 12.9. The van der Waals surface area contributed by atoms with Gasteiger partial charge in [0.2, 0.25) is 0 Å². The van der Waals surface area contributed by atoms with Crippen LogP contribution in [0, 0.1) is 0 Å². The fraction of sp³-hybridized carbons (Fsp3) is 0.421. The Balaban J connectivity index is 1.50. The van der Waals surface area contributed by atoms with E-state index < -0.39 is 12.0 Å². The lowest BCUT2D eigenvalue weighted by Crippen LogP contribution is -2.35. The van der Waals surface area contributed by atoms with E-state index in [0.717, 1.165) is 37.3 Å². The van der Waals surface area contributed by atoms with Crippen LogP contribution >= 0.6 is 11.3 Å². The summed E-state index contributed by atoms with van der Waals surface area (Å²) in [4.78, 5) is 34.0. The molecular formula is C19H22N4O3S. The number of likely N-dealkylation sites (N-methyl/N-ethyl adjacent to an activating group) is 1. The number of nitrogens with one attached hydrogen (secondary N) is 1. The van der Waals surface area contributed by atoms with Gasteiger partial charge in [0.25, 0.3) is 5.91 Å². The Morgan fingerprint density at radius 3 is 3.00 bits per heavy atom. The van der Waals surface area contributed by atoms with E-state index in [2.05, 4.69) is 22.2 Å². The molecule has 7 nitrogen and oxygen atoms in total. The minimum atomic E-state index is -0.819. The van der Waals surface area contributed by atoms with Gasteiger partial charge in [-0.25, -0.2) is 9.78 Å². The highest BCUT2D eigenvalue weighted by Gasteiger charge is 2.31. The fourth-order valence-electron chi connectivity index (χ4n) is 3.70. The van der Waals surface area contributed by atoms with Crippen molar-refractivity contribution in [2.24, 2.45) is 0 Å². The largest absolute Gasteiger partial charge is 0.480 e. The summed E-state index contributed by atoms with van der Waals surface area (Å²) in [5.41, 5.74) is 2.35. The molecule has 0 bridgehead atoms. The van der Waals surface area contributed by atoms with Crippen molar-refractivity contribution >= 4 is 34.0 Å². The number of hydrogen-bond acceptors (Lipinski definition) is 6. The van der Waals surface area contributed by atoms with Gasteiger partial charge in [-0.05, 0) is 38.1 Å². The molecule has 1 aromatic carbocycles. The average Bonchev–Trinajstić information content (AvgIpc) is 3.28. The molecule has 0 aliphatic carbocycles. The van der Waals surface area contributed by atoms with Gasteiger partial charge in [0.05, 0.1) is 5.69 Å². The van der Waals surface area contributed by atoms with Gasteiger partial charge in [-0.15, -0.1) is 11.3 Å². The Kier molecular flexibility index (Phi) is 4.84. The SMILES string of the molecule is CN1CCc2nc(NC(=O)c3cccc(N4CCCC4C(=O)O)c3)sc2C1. The van der Waals surface area contributed by atoms with Crippen LogP contribution in [-0.2, 0) is 17.8 Å². The van der Waals surface area contributed by atoms with Gasteiger partial charge in [0.15, 0.2) is 5.13 Å². The van der Waals surface area contributed by atoms with Crippen molar-refractivity contribution in [3.63, 3.8) is 0 Å². The lowest BCUT2D eigenvalue weighted by atomic mass is 10.1. The lowest BCUT2D eigenvalue weighted by Gasteiger charge is -2.24. The Labute approximate surface area is 161 Å². The number of aromatic nitrogens is 1. The third-order valence-electron chi connectivity index (χ3n) is 5.12. The predicted molar refractivity (Wildman–Crippen MR) is 105 cm³/mol. The van der Waals surface area contributed by atoms with Crippen molar-refractivity contribution in [2.45, 2.75) is 31.8 Å². The number of carboxylic acids is 1. The van der Waals surface area contributed by atoms with Crippen LogP contribution in [0.3, 0.4) is 0 Å². The molecule has 142 valence electrons. The van der Waals surface area contributed by atoms with Gasteiger partial charge in [-0.1, -0.05) is 6.07 Å². The lowest BCUT2D eigenvalue weighted by molar-refractivity contribution is -0.138. The van der Waals surface area contributed by atoms with Crippen molar-refractivity contribution in [1.82, 2.24) is 9.88 Å². The first kappa shape index (κ1) is 17.9. The molecule has 4 rings (SSSR count). The number of nitrogens with zero attached hydrogens (tertiary/aromatic N) is 3. The summed E-state index contributed by atoms with van der Waals surface area (Å²) < 4.78 is 0. The zero-order valence-electron chi connectivity index (χ0n) is 15.1. The molecule has 0 spiro atoms. The monoisotopic (exact) mass is 386 g/mol.